The summed E-state index contributed by atoms with van der Waals surface area (Å²) >= 11 is 0. The Bertz CT molecular complexity index is 1100. The fourth-order valence-electron chi connectivity index (χ4n) is 5.87. The van der Waals surface area contributed by atoms with E-state index < -0.39 is 5.60 Å². The van der Waals surface area contributed by atoms with Gasteiger partial charge in [-0.1, -0.05) is 66.8 Å². The monoisotopic (exact) mass is 562 g/mol. The molecule has 3 aliphatic rings. The van der Waals surface area contributed by atoms with Crippen LogP contribution in [-0.2, 0) is 34.1 Å². The number of ether oxygens (including phenoxy) is 5. The van der Waals surface area contributed by atoms with Crippen LogP contribution in [0.15, 0.2) is 90.3 Å². The number of carbonyl (C=O) groups is 1. The highest BCUT2D eigenvalue weighted by Gasteiger charge is 2.44. The molecule has 0 saturated heterocycles. The van der Waals surface area contributed by atoms with Crippen LogP contribution in [0.2, 0.25) is 0 Å². The number of benzene rings is 1. The van der Waals surface area contributed by atoms with Crippen molar-refractivity contribution in [2.75, 3.05) is 40.1 Å². The molecule has 0 amide bonds. The molecular formula is C35H46O6. The van der Waals surface area contributed by atoms with Gasteiger partial charge in [-0.25, -0.2) is 0 Å². The van der Waals surface area contributed by atoms with Gasteiger partial charge < -0.3 is 23.7 Å². The van der Waals surface area contributed by atoms with E-state index in [9.17, 15) is 4.79 Å². The van der Waals surface area contributed by atoms with Gasteiger partial charge in [0.25, 0.3) is 0 Å². The van der Waals surface area contributed by atoms with E-state index in [0.717, 1.165) is 31.4 Å². The average Bonchev–Trinajstić information content (AvgIpc) is 3.03. The number of methoxy groups -OCH3 is 1. The topological polar surface area (TPSA) is 63.2 Å². The standard InChI is InChI=1S/C35H46O6/c1-28(36)39-24-25-40-34(22-23-38-26-29-18-20-33(37-2)21-19-29)27-41-35(30-12-6-3-7-13-30,31-14-8-4-9-15-31)32-16-10-5-11-17-32/h3-4,6-9,12-14,16,18,20-21,29,31,34H,5,10-11,15,17,19,22-27H2,1-2H3/t29?,31?,34-,35?/m0/s1. The minimum atomic E-state index is -0.570. The quantitative estimate of drug-likeness (QED) is 0.123. The zero-order valence-electron chi connectivity index (χ0n) is 24.7. The normalized spacial score (nSPS) is 22.4. The zero-order valence-corrected chi connectivity index (χ0v) is 24.7. The second kappa shape index (κ2) is 16.5. The van der Waals surface area contributed by atoms with Crippen molar-refractivity contribution in [1.29, 1.82) is 0 Å². The Morgan fingerprint density at radius 3 is 2.59 bits per heavy atom. The smallest absolute Gasteiger partial charge is 0.302 e. The highest BCUT2D eigenvalue weighted by molar-refractivity contribution is 5.65. The van der Waals surface area contributed by atoms with Crippen LogP contribution in [0, 0.1) is 11.8 Å². The highest BCUT2D eigenvalue weighted by Crippen LogP contribution is 2.47. The summed E-state index contributed by atoms with van der Waals surface area (Å²) in [6, 6.07) is 10.7. The van der Waals surface area contributed by atoms with Crippen LogP contribution in [0.4, 0.5) is 0 Å². The number of esters is 1. The van der Waals surface area contributed by atoms with Crippen molar-refractivity contribution in [3.63, 3.8) is 0 Å². The largest absolute Gasteiger partial charge is 0.497 e. The number of hydrogen-bond donors (Lipinski definition) is 0. The Morgan fingerprint density at radius 1 is 1.02 bits per heavy atom. The maximum atomic E-state index is 11.3. The molecule has 0 saturated carbocycles. The Morgan fingerprint density at radius 2 is 1.90 bits per heavy atom. The molecule has 3 aliphatic carbocycles. The average molecular weight is 563 g/mol. The molecule has 41 heavy (non-hydrogen) atoms. The molecule has 0 bridgehead atoms. The molecule has 0 radical (unpaired) electrons. The van der Waals surface area contributed by atoms with E-state index in [1.165, 1.54) is 30.9 Å². The first-order chi connectivity index (χ1) is 20.1. The van der Waals surface area contributed by atoms with Gasteiger partial charge >= 0.3 is 5.97 Å². The predicted molar refractivity (Wildman–Crippen MR) is 161 cm³/mol. The fourth-order valence-corrected chi connectivity index (χ4v) is 5.87. The van der Waals surface area contributed by atoms with Crippen LogP contribution in [0.1, 0.15) is 57.4 Å². The molecule has 222 valence electrons. The highest BCUT2D eigenvalue weighted by atomic mass is 16.6. The van der Waals surface area contributed by atoms with Crippen molar-refractivity contribution in [3.8, 4) is 0 Å². The Balaban J connectivity index is 1.47. The first-order valence-corrected chi connectivity index (χ1v) is 15.1. The van der Waals surface area contributed by atoms with E-state index in [2.05, 4.69) is 72.9 Å². The molecule has 1 aromatic carbocycles. The molecule has 4 atom stereocenters. The lowest BCUT2D eigenvalue weighted by atomic mass is 9.70. The number of hydrogen-bond acceptors (Lipinski definition) is 6. The van der Waals surface area contributed by atoms with Crippen molar-refractivity contribution in [2.45, 2.75) is 63.6 Å². The third-order valence-electron chi connectivity index (χ3n) is 8.02. The van der Waals surface area contributed by atoms with Crippen LogP contribution in [-0.4, -0.2) is 52.2 Å². The fraction of sp³-hybridized carbons (Fsp3) is 0.514. The van der Waals surface area contributed by atoms with Crippen molar-refractivity contribution >= 4 is 5.97 Å². The lowest BCUT2D eigenvalue weighted by Crippen LogP contribution is -2.42. The van der Waals surface area contributed by atoms with Crippen molar-refractivity contribution in [3.05, 3.63) is 95.8 Å². The molecule has 0 fully saturated rings. The van der Waals surface area contributed by atoms with Gasteiger partial charge in [-0.15, -0.1) is 0 Å². The van der Waals surface area contributed by atoms with Crippen LogP contribution in [0.25, 0.3) is 0 Å². The molecule has 6 heteroatoms. The summed E-state index contributed by atoms with van der Waals surface area (Å²) in [6.45, 7) is 3.56. The summed E-state index contributed by atoms with van der Waals surface area (Å²) in [5.74, 6) is 1.11. The summed E-state index contributed by atoms with van der Waals surface area (Å²) in [5, 5.41) is 0. The molecule has 0 spiro atoms. The molecule has 6 nitrogen and oxygen atoms in total. The van der Waals surface area contributed by atoms with Crippen LogP contribution >= 0.6 is 0 Å². The van der Waals surface area contributed by atoms with E-state index in [1.54, 1.807) is 7.11 Å². The molecule has 0 heterocycles. The van der Waals surface area contributed by atoms with E-state index in [4.69, 9.17) is 23.7 Å². The molecule has 1 aromatic rings. The Labute approximate surface area is 245 Å². The van der Waals surface area contributed by atoms with Crippen LogP contribution in [0.5, 0.6) is 0 Å². The molecule has 3 unspecified atom stereocenters. The molecule has 4 rings (SSSR count). The summed E-state index contributed by atoms with van der Waals surface area (Å²) < 4.78 is 29.9. The number of allylic oxidation sites excluding steroid dienone is 6. The van der Waals surface area contributed by atoms with Crippen LogP contribution < -0.4 is 0 Å². The minimum absolute atomic E-state index is 0.181. The van der Waals surface area contributed by atoms with Crippen molar-refractivity contribution < 1.29 is 28.5 Å². The van der Waals surface area contributed by atoms with Crippen LogP contribution in [0.3, 0.4) is 0 Å². The predicted octanol–water partition coefficient (Wildman–Crippen LogP) is 6.99. The maximum Gasteiger partial charge on any atom is 0.302 e. The van der Waals surface area contributed by atoms with Gasteiger partial charge in [0.15, 0.2) is 0 Å². The van der Waals surface area contributed by atoms with E-state index >= 15 is 0 Å². The molecule has 0 N–H and O–H groups in total. The lowest BCUT2D eigenvalue weighted by Gasteiger charge is -2.44. The van der Waals surface area contributed by atoms with Gasteiger partial charge in [0, 0.05) is 25.4 Å². The van der Waals surface area contributed by atoms with Gasteiger partial charge in [-0.05, 0) is 68.2 Å². The van der Waals surface area contributed by atoms with Gasteiger partial charge in [-0.3, -0.25) is 4.79 Å². The second-order valence-electron chi connectivity index (χ2n) is 10.9. The van der Waals surface area contributed by atoms with E-state index in [0.29, 0.717) is 38.8 Å². The summed E-state index contributed by atoms with van der Waals surface area (Å²) in [5.41, 5.74) is 1.97. The maximum absolute atomic E-state index is 11.3. The molecule has 0 aliphatic heterocycles. The SMILES string of the molecule is COC1=CCC(COCC[C@@H](COC(C2=CCCCC2)(c2ccccc2)C2C=CC=CC2)OCCOC(C)=O)C=C1. The third kappa shape index (κ3) is 9.03. The van der Waals surface area contributed by atoms with Gasteiger partial charge in [0.1, 0.15) is 18.0 Å². The Kier molecular flexibility index (Phi) is 12.5. The summed E-state index contributed by atoms with van der Waals surface area (Å²) in [6.07, 6.45) is 24.2. The number of carbonyl (C=O) groups excluding carboxylic acids is 1. The zero-order chi connectivity index (χ0) is 28.8. The van der Waals surface area contributed by atoms with Gasteiger partial charge in [-0.2, -0.15) is 0 Å². The summed E-state index contributed by atoms with van der Waals surface area (Å²) in [4.78, 5) is 11.3. The Hall–Kier alpha value is -2.93. The van der Waals surface area contributed by atoms with Gasteiger partial charge in [0.05, 0.1) is 33.0 Å². The van der Waals surface area contributed by atoms with E-state index in [-0.39, 0.29) is 24.6 Å². The second-order valence-corrected chi connectivity index (χ2v) is 10.9. The minimum Gasteiger partial charge on any atom is -0.497 e. The molecular weight excluding hydrogens is 516 g/mol. The first kappa shape index (κ1) is 31.0. The molecule has 0 aromatic heterocycles. The van der Waals surface area contributed by atoms with E-state index in [1.807, 2.05) is 6.08 Å². The lowest BCUT2D eigenvalue weighted by molar-refractivity contribution is -0.145. The van der Waals surface area contributed by atoms with Gasteiger partial charge in [0.2, 0.25) is 0 Å². The van der Waals surface area contributed by atoms with Crippen molar-refractivity contribution in [2.24, 2.45) is 11.8 Å². The summed E-state index contributed by atoms with van der Waals surface area (Å²) in [7, 11) is 1.69. The first-order valence-electron chi connectivity index (χ1n) is 15.1. The number of rotatable bonds is 16. The van der Waals surface area contributed by atoms with Crippen molar-refractivity contribution in [1.82, 2.24) is 0 Å². The third-order valence-corrected chi connectivity index (χ3v) is 8.02.